The third-order valence-corrected chi connectivity index (χ3v) is 4.39. The fourth-order valence-electron chi connectivity index (χ4n) is 3.12. The normalized spacial score (nSPS) is 22.6. The summed E-state index contributed by atoms with van der Waals surface area (Å²) >= 11 is 5.97. The largest absolute Gasteiger partial charge is 0.506 e. The summed E-state index contributed by atoms with van der Waals surface area (Å²) in [5, 5.41) is 21.5. The zero-order valence-electron chi connectivity index (χ0n) is 12.5. The lowest BCUT2D eigenvalue weighted by Crippen LogP contribution is -2.45. The van der Waals surface area contributed by atoms with Crippen LogP contribution in [0.15, 0.2) is 23.8 Å². The third-order valence-electron chi connectivity index (χ3n) is 4.15. The number of carbonyl (C=O) groups excluding carboxylic acids is 2. The summed E-state index contributed by atoms with van der Waals surface area (Å²) in [7, 11) is 0. The summed E-state index contributed by atoms with van der Waals surface area (Å²) in [4.78, 5) is 35.8. The summed E-state index contributed by atoms with van der Waals surface area (Å²) in [6.45, 7) is -0.322. The number of carbonyl (C=O) groups is 3. The van der Waals surface area contributed by atoms with Crippen molar-refractivity contribution < 1.29 is 29.3 Å². The van der Waals surface area contributed by atoms with E-state index in [0.717, 1.165) is 0 Å². The van der Waals surface area contributed by atoms with E-state index in [1.807, 2.05) is 0 Å². The third kappa shape index (κ3) is 2.46. The van der Waals surface area contributed by atoms with Crippen molar-refractivity contribution >= 4 is 35.0 Å². The number of aliphatic hydroxyl groups excluding tert-OH is 1. The van der Waals surface area contributed by atoms with Gasteiger partial charge < -0.3 is 20.3 Å². The number of benzene rings is 1. The minimum Gasteiger partial charge on any atom is -0.506 e. The monoisotopic (exact) mass is 351 g/mol. The molecule has 1 aromatic carbocycles. The molecule has 1 aromatic rings. The van der Waals surface area contributed by atoms with Crippen LogP contribution in [-0.2, 0) is 24.7 Å². The van der Waals surface area contributed by atoms with Crippen molar-refractivity contribution in [3.8, 4) is 0 Å². The van der Waals surface area contributed by atoms with Crippen molar-refractivity contribution in [3.63, 3.8) is 0 Å². The number of hydrogen-bond acceptors (Lipinski definition) is 5. The van der Waals surface area contributed by atoms with E-state index in [9.17, 15) is 19.5 Å². The molecule has 1 atom stereocenters. The number of aliphatic carboxylic acids is 1. The van der Waals surface area contributed by atoms with Crippen molar-refractivity contribution in [1.82, 2.24) is 5.32 Å². The topological polar surface area (TPSA) is 113 Å². The van der Waals surface area contributed by atoms with Crippen LogP contribution in [0.1, 0.15) is 24.0 Å². The molecule has 1 amide bonds. The van der Waals surface area contributed by atoms with Crippen LogP contribution in [0.4, 0.5) is 0 Å². The summed E-state index contributed by atoms with van der Waals surface area (Å²) in [5.74, 6) is -3.42. The second-order valence-electron chi connectivity index (χ2n) is 5.60. The molecule has 0 aromatic heterocycles. The summed E-state index contributed by atoms with van der Waals surface area (Å²) in [5.41, 5.74) is -1.15. The van der Waals surface area contributed by atoms with Crippen molar-refractivity contribution in [2.75, 3.05) is 13.2 Å². The second kappa shape index (κ2) is 5.92. The van der Waals surface area contributed by atoms with Gasteiger partial charge in [0.1, 0.15) is 17.9 Å². The highest BCUT2D eigenvalue weighted by molar-refractivity contribution is 6.31. The van der Waals surface area contributed by atoms with E-state index in [4.69, 9.17) is 21.4 Å². The van der Waals surface area contributed by atoms with Crippen LogP contribution in [0.2, 0.25) is 5.02 Å². The van der Waals surface area contributed by atoms with Gasteiger partial charge in [0.25, 0.3) is 5.91 Å². The van der Waals surface area contributed by atoms with E-state index in [1.165, 1.54) is 6.07 Å². The molecule has 126 valence electrons. The Hall–Kier alpha value is -2.38. The van der Waals surface area contributed by atoms with Gasteiger partial charge >= 0.3 is 5.97 Å². The molecule has 1 heterocycles. The molecule has 7 nitrogen and oxygen atoms in total. The van der Waals surface area contributed by atoms with Crippen LogP contribution in [0.5, 0.6) is 0 Å². The molecule has 1 spiro atoms. The van der Waals surface area contributed by atoms with Gasteiger partial charge in [-0.3, -0.25) is 14.4 Å². The van der Waals surface area contributed by atoms with E-state index in [-0.39, 0.29) is 5.56 Å². The fourth-order valence-corrected chi connectivity index (χ4v) is 3.29. The average molecular weight is 352 g/mol. The highest BCUT2D eigenvalue weighted by Crippen LogP contribution is 2.46. The number of ketones is 1. The number of nitrogens with one attached hydrogen (secondary N) is 1. The molecule has 1 aliphatic heterocycles. The number of rotatable bonds is 3. The average Bonchev–Trinajstić information content (AvgIpc) is 3.02. The van der Waals surface area contributed by atoms with Crippen LogP contribution in [0, 0.1) is 0 Å². The predicted octanol–water partition coefficient (Wildman–Crippen LogP) is 1.40. The molecule has 0 radical (unpaired) electrons. The lowest BCUT2D eigenvalue weighted by molar-refractivity contribution is -0.140. The Morgan fingerprint density at radius 2 is 2.12 bits per heavy atom. The molecular formula is C16H14ClNO6. The maximum Gasteiger partial charge on any atom is 0.322 e. The Bertz CT molecular complexity index is 779. The molecule has 1 aliphatic carbocycles. The van der Waals surface area contributed by atoms with E-state index in [0.29, 0.717) is 30.0 Å². The first kappa shape index (κ1) is 16.5. The number of amides is 1. The van der Waals surface area contributed by atoms with Gasteiger partial charge in [-0.1, -0.05) is 17.7 Å². The van der Waals surface area contributed by atoms with Gasteiger partial charge in [0.2, 0.25) is 5.78 Å². The van der Waals surface area contributed by atoms with Crippen LogP contribution in [-0.4, -0.2) is 41.0 Å². The highest BCUT2D eigenvalue weighted by Gasteiger charge is 2.52. The van der Waals surface area contributed by atoms with Crippen molar-refractivity contribution in [1.29, 1.82) is 0 Å². The smallest absolute Gasteiger partial charge is 0.322 e. The number of ether oxygens (including phenoxy) is 1. The van der Waals surface area contributed by atoms with Gasteiger partial charge in [-0.2, -0.15) is 0 Å². The number of carboxylic acid groups (broad SMARTS) is 1. The molecule has 0 saturated carbocycles. The molecule has 1 saturated heterocycles. The van der Waals surface area contributed by atoms with Crippen LogP contribution >= 0.6 is 11.6 Å². The molecule has 1 unspecified atom stereocenters. The summed E-state index contributed by atoms with van der Waals surface area (Å²) in [6.07, 6.45) is 0.988. The zero-order valence-corrected chi connectivity index (χ0v) is 13.2. The standard InChI is InChI=1S/C16H14ClNO6/c17-8-2-3-10-9(6-8)13(21)12(15(23)18-7-11(19)20)14(22)16(10)4-1-5-24-16/h2-3,6,21H,1,4-5,7H2,(H,18,23)(H,19,20). The molecule has 1 fully saturated rings. The van der Waals surface area contributed by atoms with Gasteiger partial charge in [0.05, 0.1) is 0 Å². The second-order valence-corrected chi connectivity index (χ2v) is 6.03. The number of carboxylic acids is 1. The number of fused-ring (bicyclic) bond motifs is 2. The zero-order chi connectivity index (χ0) is 17.5. The first-order valence-electron chi connectivity index (χ1n) is 7.29. The minimum atomic E-state index is -1.35. The van der Waals surface area contributed by atoms with Gasteiger partial charge in [0.15, 0.2) is 5.60 Å². The molecule has 0 bridgehead atoms. The van der Waals surface area contributed by atoms with Gasteiger partial charge in [-0.05, 0) is 25.0 Å². The number of aliphatic hydroxyl groups is 1. The maximum absolute atomic E-state index is 12.9. The van der Waals surface area contributed by atoms with Crippen LogP contribution in [0.3, 0.4) is 0 Å². The van der Waals surface area contributed by atoms with Gasteiger partial charge in [0, 0.05) is 22.8 Å². The van der Waals surface area contributed by atoms with Crippen molar-refractivity contribution in [2.24, 2.45) is 0 Å². The molecular weight excluding hydrogens is 338 g/mol. The SMILES string of the molecule is O=C(O)CNC(=O)C1=C(O)c2cc(Cl)ccc2C2(CCCO2)C1=O. The lowest BCUT2D eigenvalue weighted by atomic mass is 9.75. The molecule has 8 heteroatoms. The number of halogens is 1. The highest BCUT2D eigenvalue weighted by atomic mass is 35.5. The maximum atomic E-state index is 12.9. The first-order chi connectivity index (χ1) is 11.4. The van der Waals surface area contributed by atoms with Crippen molar-refractivity contribution in [3.05, 3.63) is 39.9 Å². The molecule has 3 N–H and O–H groups in total. The Morgan fingerprint density at radius 1 is 1.38 bits per heavy atom. The number of hydrogen-bond donors (Lipinski definition) is 3. The molecule has 2 aliphatic rings. The Morgan fingerprint density at radius 3 is 2.75 bits per heavy atom. The molecule has 24 heavy (non-hydrogen) atoms. The van der Waals surface area contributed by atoms with Crippen LogP contribution < -0.4 is 5.32 Å². The predicted molar refractivity (Wildman–Crippen MR) is 83.5 cm³/mol. The van der Waals surface area contributed by atoms with E-state index >= 15 is 0 Å². The lowest BCUT2D eigenvalue weighted by Gasteiger charge is -2.34. The Kier molecular flexibility index (Phi) is 4.06. The fraction of sp³-hybridized carbons (Fsp3) is 0.312. The Labute approximate surface area is 141 Å². The van der Waals surface area contributed by atoms with E-state index in [2.05, 4.69) is 5.32 Å². The number of Topliss-reactive ketones (excluding diaryl/α,β-unsaturated/α-hetero) is 1. The summed E-state index contributed by atoms with van der Waals surface area (Å²) < 4.78 is 5.68. The van der Waals surface area contributed by atoms with Crippen LogP contribution in [0.25, 0.3) is 5.76 Å². The molecule has 3 rings (SSSR count). The summed E-state index contributed by atoms with van der Waals surface area (Å²) in [6, 6.07) is 4.63. The van der Waals surface area contributed by atoms with Crippen molar-refractivity contribution in [2.45, 2.75) is 18.4 Å². The Balaban J connectivity index is 2.14. The first-order valence-corrected chi connectivity index (χ1v) is 7.67. The van der Waals surface area contributed by atoms with Gasteiger partial charge in [-0.25, -0.2) is 0 Å². The quantitative estimate of drug-likeness (QED) is 0.709. The minimum absolute atomic E-state index is 0.240. The van der Waals surface area contributed by atoms with Gasteiger partial charge in [-0.15, -0.1) is 0 Å². The van der Waals surface area contributed by atoms with E-state index in [1.54, 1.807) is 12.1 Å². The van der Waals surface area contributed by atoms with E-state index < -0.39 is 41.1 Å².